The first-order chi connectivity index (χ1) is 29.7. The predicted molar refractivity (Wildman–Crippen MR) is 245 cm³/mol. The second kappa shape index (κ2) is 13.8. The smallest absolute Gasteiger partial charge is 0.231 e. The normalized spacial score (nSPS) is 11.7. The average molecular weight is 771 g/mol. The van der Waals surface area contributed by atoms with Gasteiger partial charge in [-0.1, -0.05) is 133 Å². The third kappa shape index (κ3) is 5.67. The molecule has 0 spiro atoms. The zero-order valence-corrected chi connectivity index (χ0v) is 32.2. The fourth-order valence-electron chi connectivity index (χ4n) is 8.60. The molecule has 3 aromatic heterocycles. The van der Waals surface area contributed by atoms with E-state index in [-0.39, 0.29) is 0 Å². The number of nitrogens with zero attached hydrogens (tertiary/aromatic N) is 2. The third-order valence-corrected chi connectivity index (χ3v) is 11.5. The molecule has 12 aromatic rings. The summed E-state index contributed by atoms with van der Waals surface area (Å²) in [7, 11) is 0. The maximum absolute atomic E-state index is 6.53. The molecule has 0 amide bonds. The first-order valence-corrected chi connectivity index (χ1v) is 20.1. The number of hydrogen-bond acceptors (Lipinski definition) is 5. The van der Waals surface area contributed by atoms with Gasteiger partial charge in [0, 0.05) is 33.2 Å². The van der Waals surface area contributed by atoms with Crippen LogP contribution in [-0.4, -0.2) is 4.98 Å². The van der Waals surface area contributed by atoms with E-state index >= 15 is 0 Å². The molecule has 9 aromatic carbocycles. The summed E-state index contributed by atoms with van der Waals surface area (Å²) < 4.78 is 19.3. The first-order valence-electron chi connectivity index (χ1n) is 20.1. The Balaban J connectivity index is 0.890. The Kier molecular flexibility index (Phi) is 7.78. The van der Waals surface area contributed by atoms with Crippen molar-refractivity contribution in [1.29, 1.82) is 0 Å². The molecule has 0 unspecified atom stereocenters. The maximum Gasteiger partial charge on any atom is 0.231 e. The van der Waals surface area contributed by atoms with E-state index in [9.17, 15) is 0 Å². The zero-order chi connectivity index (χ0) is 39.6. The molecular weight excluding hydrogens is 737 g/mol. The standard InChI is InChI=1S/C55H34N2O3/c1-3-11-35(12-4-1)36-21-23-37(24-22-36)38-25-28-42(29-26-38)57(41-14-5-2-6-15-41)43-16-9-13-39(33-43)40-27-30-46-51(34-40)58-49-31-32-50-53(52(46)49)56-55(60-50)47-19-10-18-45-44-17-7-8-20-48(44)59-54(45)47/h1-34H. The van der Waals surface area contributed by atoms with Gasteiger partial charge in [0.1, 0.15) is 27.8 Å². The Hall–Kier alpha value is -8.15. The molecule has 5 heteroatoms. The number of furan rings is 2. The lowest BCUT2D eigenvalue weighted by Crippen LogP contribution is -2.09. The van der Waals surface area contributed by atoms with Crippen LogP contribution in [-0.2, 0) is 0 Å². The van der Waals surface area contributed by atoms with Crippen LogP contribution in [0.5, 0.6) is 0 Å². The lowest BCUT2D eigenvalue weighted by Gasteiger charge is -2.26. The van der Waals surface area contributed by atoms with E-state index in [0.717, 1.165) is 83.1 Å². The SMILES string of the molecule is c1ccc(-c2ccc(-c3ccc(N(c4ccccc4)c4cccc(-c5ccc6c(c5)oc5ccc7oc(-c8cccc9c8oc8ccccc89)nc7c56)c4)cc3)cc2)cc1. The number of aromatic nitrogens is 1. The van der Waals surface area contributed by atoms with E-state index in [0.29, 0.717) is 11.5 Å². The van der Waals surface area contributed by atoms with Crippen molar-refractivity contribution in [3.05, 3.63) is 206 Å². The summed E-state index contributed by atoms with van der Waals surface area (Å²) in [6, 6.07) is 71.8. The van der Waals surface area contributed by atoms with Crippen molar-refractivity contribution in [2.24, 2.45) is 0 Å². The van der Waals surface area contributed by atoms with Crippen molar-refractivity contribution in [2.75, 3.05) is 4.90 Å². The molecule has 0 saturated heterocycles. The van der Waals surface area contributed by atoms with Crippen LogP contribution in [0.1, 0.15) is 0 Å². The van der Waals surface area contributed by atoms with Gasteiger partial charge in [-0.3, -0.25) is 0 Å². The van der Waals surface area contributed by atoms with Crippen LogP contribution in [0.25, 0.3) is 99.8 Å². The van der Waals surface area contributed by atoms with Gasteiger partial charge in [0.15, 0.2) is 5.58 Å². The van der Waals surface area contributed by atoms with Crippen molar-refractivity contribution in [3.8, 4) is 44.8 Å². The summed E-state index contributed by atoms with van der Waals surface area (Å²) in [6.45, 7) is 0. The molecule has 0 aliphatic heterocycles. The molecule has 0 aliphatic rings. The number of fused-ring (bicyclic) bond motifs is 8. The van der Waals surface area contributed by atoms with E-state index in [1.54, 1.807) is 0 Å². The maximum atomic E-state index is 6.53. The molecule has 60 heavy (non-hydrogen) atoms. The van der Waals surface area contributed by atoms with Crippen molar-refractivity contribution < 1.29 is 13.3 Å². The molecule has 282 valence electrons. The van der Waals surface area contributed by atoms with E-state index in [4.69, 9.17) is 18.2 Å². The summed E-state index contributed by atoms with van der Waals surface area (Å²) >= 11 is 0. The summed E-state index contributed by atoms with van der Waals surface area (Å²) in [6.07, 6.45) is 0. The number of hydrogen-bond donors (Lipinski definition) is 0. The Bertz CT molecular complexity index is 3530. The molecule has 0 atom stereocenters. The molecule has 5 nitrogen and oxygen atoms in total. The van der Waals surface area contributed by atoms with Gasteiger partial charge in [0.05, 0.1) is 10.9 Å². The molecular formula is C55H34N2O3. The Labute approximate surface area is 345 Å². The Morgan fingerprint density at radius 2 is 0.917 bits per heavy atom. The third-order valence-electron chi connectivity index (χ3n) is 11.5. The number of anilines is 3. The Morgan fingerprint density at radius 1 is 0.333 bits per heavy atom. The quantitative estimate of drug-likeness (QED) is 0.162. The van der Waals surface area contributed by atoms with Crippen LogP contribution in [0.15, 0.2) is 220 Å². The monoisotopic (exact) mass is 770 g/mol. The minimum atomic E-state index is 0.514. The highest BCUT2D eigenvalue weighted by Crippen LogP contribution is 2.42. The van der Waals surface area contributed by atoms with Crippen molar-refractivity contribution in [3.63, 3.8) is 0 Å². The molecule has 0 aliphatic carbocycles. The summed E-state index contributed by atoms with van der Waals surface area (Å²) in [4.78, 5) is 7.37. The van der Waals surface area contributed by atoms with Crippen molar-refractivity contribution >= 4 is 72.0 Å². The van der Waals surface area contributed by atoms with E-state index in [1.165, 1.54) is 22.3 Å². The van der Waals surface area contributed by atoms with E-state index < -0.39 is 0 Å². The lowest BCUT2D eigenvalue weighted by molar-refractivity contribution is 0.615. The summed E-state index contributed by atoms with van der Waals surface area (Å²) in [5, 5.41) is 4.02. The zero-order valence-electron chi connectivity index (χ0n) is 32.2. The largest absolute Gasteiger partial charge is 0.456 e. The van der Waals surface area contributed by atoms with Crippen molar-refractivity contribution in [1.82, 2.24) is 4.98 Å². The molecule has 0 bridgehead atoms. The Morgan fingerprint density at radius 3 is 1.72 bits per heavy atom. The molecule has 12 rings (SSSR count). The van der Waals surface area contributed by atoms with Crippen LogP contribution in [0.3, 0.4) is 0 Å². The fourth-order valence-corrected chi connectivity index (χ4v) is 8.60. The van der Waals surface area contributed by atoms with Crippen LogP contribution in [0.4, 0.5) is 17.1 Å². The second-order valence-electron chi connectivity index (χ2n) is 15.1. The molecule has 3 heterocycles. The minimum absolute atomic E-state index is 0.514. The van der Waals surface area contributed by atoms with Crippen molar-refractivity contribution in [2.45, 2.75) is 0 Å². The molecule has 0 radical (unpaired) electrons. The van der Waals surface area contributed by atoms with Crippen LogP contribution in [0.2, 0.25) is 0 Å². The van der Waals surface area contributed by atoms with Crippen LogP contribution in [0, 0.1) is 0 Å². The highest BCUT2D eigenvalue weighted by molar-refractivity contribution is 6.17. The average Bonchev–Trinajstić information content (AvgIpc) is 4.03. The van der Waals surface area contributed by atoms with Crippen LogP contribution < -0.4 is 4.90 Å². The van der Waals surface area contributed by atoms with Crippen LogP contribution >= 0.6 is 0 Å². The van der Waals surface area contributed by atoms with Gasteiger partial charge in [-0.25, -0.2) is 4.98 Å². The first kappa shape index (κ1) is 33.9. The van der Waals surface area contributed by atoms with E-state index in [2.05, 4.69) is 163 Å². The summed E-state index contributed by atoms with van der Waals surface area (Å²) in [5.74, 6) is 0.514. The van der Waals surface area contributed by atoms with Gasteiger partial charge in [-0.05, 0) is 106 Å². The topological polar surface area (TPSA) is 55.6 Å². The summed E-state index contributed by atoms with van der Waals surface area (Å²) in [5.41, 5.74) is 15.5. The highest BCUT2D eigenvalue weighted by atomic mass is 16.4. The number of oxazole rings is 1. The van der Waals surface area contributed by atoms with Gasteiger partial charge in [-0.2, -0.15) is 0 Å². The van der Waals surface area contributed by atoms with Gasteiger partial charge in [0.25, 0.3) is 0 Å². The number of rotatable bonds is 7. The second-order valence-corrected chi connectivity index (χ2v) is 15.1. The lowest BCUT2D eigenvalue weighted by atomic mass is 10.00. The molecule has 0 fully saturated rings. The number of para-hydroxylation sites is 3. The molecule has 0 N–H and O–H groups in total. The number of benzene rings is 9. The molecule has 0 saturated carbocycles. The fraction of sp³-hybridized carbons (Fsp3) is 0. The highest BCUT2D eigenvalue weighted by Gasteiger charge is 2.21. The van der Waals surface area contributed by atoms with Gasteiger partial charge >= 0.3 is 0 Å². The van der Waals surface area contributed by atoms with Gasteiger partial charge in [0.2, 0.25) is 5.89 Å². The minimum Gasteiger partial charge on any atom is -0.456 e. The van der Waals surface area contributed by atoms with Gasteiger partial charge in [-0.15, -0.1) is 0 Å². The van der Waals surface area contributed by atoms with E-state index in [1.807, 2.05) is 48.5 Å². The predicted octanol–water partition coefficient (Wildman–Crippen LogP) is 15.8. The van der Waals surface area contributed by atoms with Gasteiger partial charge < -0.3 is 18.2 Å².